The van der Waals surface area contributed by atoms with Crippen molar-refractivity contribution in [2.24, 2.45) is 0 Å². The second-order valence-electron chi connectivity index (χ2n) is 9.85. The van der Waals surface area contributed by atoms with Gasteiger partial charge in [0.2, 0.25) is 0 Å². The van der Waals surface area contributed by atoms with Crippen LogP contribution in [-0.4, -0.2) is 14.7 Å². The highest BCUT2D eigenvalue weighted by atomic mass is 32.1. The summed E-state index contributed by atoms with van der Waals surface area (Å²) in [5.41, 5.74) is 7.96. The van der Waals surface area contributed by atoms with E-state index >= 15 is 0 Å². The molecular formula is C33H30N4OS. The first-order chi connectivity index (χ1) is 19.0. The second-order valence-corrected chi connectivity index (χ2v) is 10.2. The molecule has 0 saturated carbocycles. The fourth-order valence-corrected chi connectivity index (χ4v) is 5.87. The molecule has 0 aliphatic carbocycles. The lowest BCUT2D eigenvalue weighted by Gasteiger charge is -2.28. The van der Waals surface area contributed by atoms with E-state index in [0.717, 1.165) is 22.9 Å². The van der Waals surface area contributed by atoms with Gasteiger partial charge in [-0.1, -0.05) is 42.5 Å². The number of para-hydroxylation sites is 2. The molecule has 2 aromatic heterocycles. The van der Waals surface area contributed by atoms with Crippen molar-refractivity contribution in [1.29, 1.82) is 0 Å². The van der Waals surface area contributed by atoms with Crippen LogP contribution in [0.2, 0.25) is 0 Å². The van der Waals surface area contributed by atoms with Gasteiger partial charge in [-0.3, -0.25) is 4.98 Å². The van der Waals surface area contributed by atoms with Crippen LogP contribution >= 0.6 is 12.2 Å². The third-order valence-electron chi connectivity index (χ3n) is 7.34. The van der Waals surface area contributed by atoms with E-state index in [-0.39, 0.29) is 12.1 Å². The van der Waals surface area contributed by atoms with E-state index in [1.165, 1.54) is 28.2 Å². The normalized spacial score (nSPS) is 16.8. The van der Waals surface area contributed by atoms with Crippen LogP contribution < -0.4 is 15.0 Å². The Hall–Kier alpha value is -4.42. The number of ether oxygens (including phenoxy) is 1. The van der Waals surface area contributed by atoms with E-state index in [9.17, 15) is 0 Å². The third-order valence-corrected chi connectivity index (χ3v) is 7.65. The van der Waals surface area contributed by atoms with Gasteiger partial charge in [0.25, 0.3) is 0 Å². The van der Waals surface area contributed by atoms with Crippen LogP contribution in [0.1, 0.15) is 40.3 Å². The van der Waals surface area contributed by atoms with Gasteiger partial charge in [0, 0.05) is 29.0 Å². The fraction of sp³-hybridized carbons (Fsp3) is 0.152. The highest BCUT2D eigenvalue weighted by molar-refractivity contribution is 7.80. The van der Waals surface area contributed by atoms with Crippen LogP contribution in [0.5, 0.6) is 11.5 Å². The number of hydrogen-bond acceptors (Lipinski definition) is 3. The van der Waals surface area contributed by atoms with Crippen molar-refractivity contribution < 1.29 is 4.74 Å². The predicted molar refractivity (Wildman–Crippen MR) is 161 cm³/mol. The molecule has 0 radical (unpaired) electrons. The number of benzene rings is 3. The molecule has 194 valence electrons. The Morgan fingerprint density at radius 3 is 2.21 bits per heavy atom. The Morgan fingerprint density at radius 2 is 1.49 bits per heavy atom. The summed E-state index contributed by atoms with van der Waals surface area (Å²) in [5.74, 6) is 1.58. The SMILES string of the molecule is Cc1ccccc1-n1c(C)cc([C@H]2[C@H](c3ccccn3)NC(=S)N2c2ccc(Oc3ccccc3)cc2)c1C. The van der Waals surface area contributed by atoms with Gasteiger partial charge in [0.1, 0.15) is 11.5 Å². The first-order valence-corrected chi connectivity index (χ1v) is 13.5. The molecule has 0 amide bonds. The van der Waals surface area contributed by atoms with Crippen molar-refractivity contribution in [3.63, 3.8) is 0 Å². The van der Waals surface area contributed by atoms with Gasteiger partial charge in [-0.05, 0) is 105 Å². The minimum absolute atomic E-state index is 0.0859. The summed E-state index contributed by atoms with van der Waals surface area (Å²) in [4.78, 5) is 6.93. The Bertz CT molecular complexity index is 1610. The van der Waals surface area contributed by atoms with Gasteiger partial charge in [0.05, 0.1) is 17.8 Å². The summed E-state index contributed by atoms with van der Waals surface area (Å²) in [6, 6.07) is 34.6. The van der Waals surface area contributed by atoms with Crippen LogP contribution in [0.25, 0.3) is 5.69 Å². The van der Waals surface area contributed by atoms with Crippen LogP contribution in [0, 0.1) is 20.8 Å². The molecule has 2 atom stereocenters. The molecule has 5 nitrogen and oxygen atoms in total. The lowest BCUT2D eigenvalue weighted by atomic mass is 9.96. The maximum atomic E-state index is 6.04. The summed E-state index contributed by atoms with van der Waals surface area (Å²) in [6.45, 7) is 6.52. The van der Waals surface area contributed by atoms with E-state index in [0.29, 0.717) is 5.11 Å². The lowest BCUT2D eigenvalue weighted by Crippen LogP contribution is -2.29. The predicted octanol–water partition coefficient (Wildman–Crippen LogP) is 7.77. The van der Waals surface area contributed by atoms with E-state index < -0.39 is 0 Å². The average Bonchev–Trinajstić information content (AvgIpc) is 3.45. The van der Waals surface area contributed by atoms with Crippen molar-refractivity contribution in [1.82, 2.24) is 14.9 Å². The summed E-state index contributed by atoms with van der Waals surface area (Å²) in [6.07, 6.45) is 1.84. The molecule has 1 aliphatic rings. The zero-order valence-corrected chi connectivity index (χ0v) is 23.0. The Balaban J connectivity index is 1.43. The monoisotopic (exact) mass is 530 g/mol. The topological polar surface area (TPSA) is 42.3 Å². The fourth-order valence-electron chi connectivity index (χ4n) is 5.52. The Morgan fingerprint density at radius 1 is 0.795 bits per heavy atom. The average molecular weight is 531 g/mol. The standard InChI is InChI=1S/C33H30N4OS/c1-22-11-7-8-15-30(22)36-23(2)21-28(24(36)3)32-31(29-14-9-10-20-34-29)35-33(39)37(32)25-16-18-27(19-17-25)38-26-12-5-4-6-13-26/h4-21,31-32H,1-3H3,(H,35,39)/t31-,32-/m0/s1. The van der Waals surface area contributed by atoms with Crippen molar-refractivity contribution >= 4 is 23.0 Å². The van der Waals surface area contributed by atoms with Gasteiger partial charge in [-0.15, -0.1) is 0 Å². The molecule has 1 fully saturated rings. The molecule has 6 heteroatoms. The van der Waals surface area contributed by atoms with E-state index in [1.54, 1.807) is 0 Å². The van der Waals surface area contributed by atoms with Gasteiger partial charge >= 0.3 is 0 Å². The van der Waals surface area contributed by atoms with Gasteiger partial charge < -0.3 is 19.5 Å². The molecule has 3 aromatic carbocycles. The zero-order valence-electron chi connectivity index (χ0n) is 22.2. The Kier molecular flexibility index (Phi) is 6.63. The maximum absolute atomic E-state index is 6.04. The van der Waals surface area contributed by atoms with Crippen molar-refractivity contribution in [3.8, 4) is 17.2 Å². The number of nitrogens with one attached hydrogen (secondary N) is 1. The number of aromatic nitrogens is 2. The molecule has 1 saturated heterocycles. The number of aryl methyl sites for hydroxylation is 2. The molecule has 0 unspecified atom stereocenters. The molecule has 1 N–H and O–H groups in total. The first kappa shape index (κ1) is 24.9. The summed E-state index contributed by atoms with van der Waals surface area (Å²) < 4.78 is 8.39. The minimum atomic E-state index is -0.107. The van der Waals surface area contributed by atoms with E-state index in [1.807, 2.05) is 60.8 Å². The molecule has 39 heavy (non-hydrogen) atoms. The summed E-state index contributed by atoms with van der Waals surface area (Å²) in [7, 11) is 0. The highest BCUT2D eigenvalue weighted by Crippen LogP contribution is 2.44. The molecular weight excluding hydrogens is 500 g/mol. The van der Waals surface area contributed by atoms with Crippen LogP contribution in [0.4, 0.5) is 5.69 Å². The first-order valence-electron chi connectivity index (χ1n) is 13.1. The zero-order chi connectivity index (χ0) is 26.9. The Labute approximate surface area is 234 Å². The summed E-state index contributed by atoms with van der Waals surface area (Å²) >= 11 is 5.96. The smallest absolute Gasteiger partial charge is 0.174 e. The molecule has 3 heterocycles. The van der Waals surface area contributed by atoms with E-state index in [4.69, 9.17) is 21.9 Å². The number of rotatable bonds is 6. The number of thiocarbonyl (C=S) groups is 1. The number of pyridine rings is 1. The van der Waals surface area contributed by atoms with Gasteiger partial charge in [-0.25, -0.2) is 0 Å². The second kappa shape index (κ2) is 10.4. The molecule has 6 rings (SSSR count). The maximum Gasteiger partial charge on any atom is 0.174 e. The third kappa shape index (κ3) is 4.68. The van der Waals surface area contributed by atoms with Crippen LogP contribution in [-0.2, 0) is 0 Å². The quantitative estimate of drug-likeness (QED) is 0.227. The molecule has 0 bridgehead atoms. The summed E-state index contributed by atoms with van der Waals surface area (Å²) in [5, 5.41) is 4.26. The van der Waals surface area contributed by atoms with Crippen LogP contribution in [0.15, 0.2) is 109 Å². The van der Waals surface area contributed by atoms with Gasteiger partial charge in [-0.2, -0.15) is 0 Å². The number of anilines is 1. The molecule has 1 aliphatic heterocycles. The minimum Gasteiger partial charge on any atom is -0.457 e. The van der Waals surface area contributed by atoms with Crippen LogP contribution in [0.3, 0.4) is 0 Å². The van der Waals surface area contributed by atoms with Gasteiger partial charge in [0.15, 0.2) is 5.11 Å². The van der Waals surface area contributed by atoms with Crippen molar-refractivity contribution in [2.75, 3.05) is 4.90 Å². The number of hydrogen-bond donors (Lipinski definition) is 1. The lowest BCUT2D eigenvalue weighted by molar-refractivity contribution is 0.482. The molecule has 0 spiro atoms. The van der Waals surface area contributed by atoms with Crippen molar-refractivity contribution in [2.45, 2.75) is 32.9 Å². The van der Waals surface area contributed by atoms with E-state index in [2.05, 4.69) is 84.1 Å². The number of nitrogens with zero attached hydrogens (tertiary/aromatic N) is 3. The van der Waals surface area contributed by atoms with Crippen molar-refractivity contribution in [3.05, 3.63) is 138 Å². The highest BCUT2D eigenvalue weighted by Gasteiger charge is 2.42. The largest absolute Gasteiger partial charge is 0.457 e. The molecule has 5 aromatic rings.